The maximum atomic E-state index is 13.8. The van der Waals surface area contributed by atoms with E-state index in [1.54, 1.807) is 24.3 Å². The SMILES string of the molecule is O=C1OC2(CC(C(c3ccc(F)cc3)c3ccc(F)cc3)CCN2CCOc2ccc3ccccc3c2)OC1=O. The first-order chi connectivity index (χ1) is 19.4. The van der Waals surface area contributed by atoms with Gasteiger partial charge in [-0.15, -0.1) is 0 Å². The van der Waals surface area contributed by atoms with Gasteiger partial charge in [-0.2, -0.15) is 0 Å². The Morgan fingerprint density at radius 1 is 0.825 bits per heavy atom. The summed E-state index contributed by atoms with van der Waals surface area (Å²) in [6.45, 7) is 1.07. The molecule has 2 saturated heterocycles. The van der Waals surface area contributed by atoms with Gasteiger partial charge in [0.25, 0.3) is 0 Å². The number of carbonyl (C=O) groups is 2. The summed E-state index contributed by atoms with van der Waals surface area (Å²) in [6.07, 6.45) is 0.853. The van der Waals surface area contributed by atoms with E-state index in [4.69, 9.17) is 14.2 Å². The van der Waals surface area contributed by atoms with Crippen LogP contribution in [0.25, 0.3) is 10.8 Å². The predicted molar refractivity (Wildman–Crippen MR) is 143 cm³/mol. The number of piperidine rings is 1. The van der Waals surface area contributed by atoms with E-state index in [0.29, 0.717) is 25.3 Å². The van der Waals surface area contributed by atoms with Crippen molar-refractivity contribution in [1.82, 2.24) is 4.90 Å². The first-order valence-corrected chi connectivity index (χ1v) is 13.2. The maximum absolute atomic E-state index is 13.8. The number of fused-ring (bicyclic) bond motifs is 1. The summed E-state index contributed by atoms with van der Waals surface area (Å²) in [5, 5.41) is 2.17. The van der Waals surface area contributed by atoms with Crippen LogP contribution in [-0.2, 0) is 19.1 Å². The van der Waals surface area contributed by atoms with Gasteiger partial charge in [0.05, 0.1) is 0 Å². The lowest BCUT2D eigenvalue weighted by atomic mass is 9.75. The average molecular weight is 544 g/mol. The van der Waals surface area contributed by atoms with Crippen LogP contribution in [0.3, 0.4) is 0 Å². The number of hydrogen-bond acceptors (Lipinski definition) is 6. The number of esters is 2. The van der Waals surface area contributed by atoms with Gasteiger partial charge in [-0.3, -0.25) is 0 Å². The van der Waals surface area contributed by atoms with Gasteiger partial charge in [0.15, 0.2) is 0 Å². The average Bonchev–Trinajstić information content (AvgIpc) is 3.24. The van der Waals surface area contributed by atoms with E-state index in [1.165, 1.54) is 24.3 Å². The van der Waals surface area contributed by atoms with Crippen molar-refractivity contribution in [3.8, 4) is 5.75 Å². The molecule has 0 aliphatic carbocycles. The van der Waals surface area contributed by atoms with Gasteiger partial charge in [0, 0.05) is 25.4 Å². The van der Waals surface area contributed by atoms with Crippen molar-refractivity contribution in [3.63, 3.8) is 0 Å². The molecular formula is C32H27F2NO5. The highest BCUT2D eigenvalue weighted by molar-refractivity contribution is 6.31. The molecule has 2 heterocycles. The minimum absolute atomic E-state index is 0.160. The van der Waals surface area contributed by atoms with Gasteiger partial charge in [-0.1, -0.05) is 54.6 Å². The predicted octanol–water partition coefficient (Wildman–Crippen LogP) is 5.79. The van der Waals surface area contributed by atoms with Gasteiger partial charge < -0.3 is 14.2 Å². The van der Waals surface area contributed by atoms with E-state index in [-0.39, 0.29) is 36.5 Å². The standard InChI is InChI=1S/C32H27F2NO5/c33-26-10-5-22(6-11-26)29(23-7-12-27(34)13-8-23)25-15-16-35(32(20-25)39-30(36)31(37)40-32)17-18-38-28-14-9-21-3-1-2-4-24(21)19-28/h1-14,19,25,29H,15-18,20H2. The monoisotopic (exact) mass is 543 g/mol. The fourth-order valence-corrected chi connectivity index (χ4v) is 5.84. The molecular weight excluding hydrogens is 516 g/mol. The minimum atomic E-state index is -1.58. The molecule has 4 aromatic rings. The molecule has 4 aromatic carbocycles. The van der Waals surface area contributed by atoms with Crippen LogP contribution in [0.1, 0.15) is 29.9 Å². The summed E-state index contributed by atoms with van der Waals surface area (Å²) in [7, 11) is 0. The van der Waals surface area contributed by atoms with Crippen molar-refractivity contribution in [2.24, 2.45) is 5.92 Å². The number of ether oxygens (including phenoxy) is 3. The molecule has 2 aliphatic rings. The molecule has 204 valence electrons. The first kappa shape index (κ1) is 26.0. The molecule has 6 nitrogen and oxygen atoms in total. The van der Waals surface area contributed by atoms with Crippen LogP contribution >= 0.6 is 0 Å². The number of nitrogens with zero attached hydrogens (tertiary/aromatic N) is 1. The second-order valence-corrected chi connectivity index (χ2v) is 10.2. The fraction of sp³-hybridized carbons (Fsp3) is 0.250. The largest absolute Gasteiger partial charge is 0.492 e. The quantitative estimate of drug-likeness (QED) is 0.217. The molecule has 0 radical (unpaired) electrons. The van der Waals surface area contributed by atoms with Crippen LogP contribution in [0, 0.1) is 17.6 Å². The topological polar surface area (TPSA) is 65.1 Å². The second kappa shape index (κ2) is 10.7. The zero-order valence-corrected chi connectivity index (χ0v) is 21.6. The molecule has 2 aliphatic heterocycles. The highest BCUT2D eigenvalue weighted by atomic mass is 19.1. The lowest BCUT2D eigenvalue weighted by Crippen LogP contribution is -2.57. The lowest BCUT2D eigenvalue weighted by Gasteiger charge is -2.45. The number of rotatable bonds is 7. The van der Waals surface area contributed by atoms with Crippen LogP contribution in [0.15, 0.2) is 91.0 Å². The van der Waals surface area contributed by atoms with E-state index < -0.39 is 17.8 Å². The summed E-state index contributed by atoms with van der Waals surface area (Å²) in [6, 6.07) is 26.2. The summed E-state index contributed by atoms with van der Waals surface area (Å²) < 4.78 is 44.7. The van der Waals surface area contributed by atoms with Gasteiger partial charge >= 0.3 is 17.8 Å². The molecule has 40 heavy (non-hydrogen) atoms. The van der Waals surface area contributed by atoms with Gasteiger partial charge in [-0.25, -0.2) is 23.3 Å². The van der Waals surface area contributed by atoms with Crippen molar-refractivity contribution in [2.45, 2.75) is 24.7 Å². The van der Waals surface area contributed by atoms with Crippen molar-refractivity contribution in [1.29, 1.82) is 0 Å². The highest BCUT2D eigenvalue weighted by Gasteiger charge is 2.57. The number of hydrogen-bond donors (Lipinski definition) is 0. The smallest absolute Gasteiger partial charge is 0.421 e. The number of carbonyl (C=O) groups excluding carboxylic acids is 2. The molecule has 0 N–H and O–H groups in total. The molecule has 0 amide bonds. The molecule has 0 bridgehead atoms. The molecule has 6 rings (SSSR count). The van der Waals surface area contributed by atoms with Crippen molar-refractivity contribution in [2.75, 3.05) is 19.7 Å². The Bertz CT molecular complexity index is 1480. The summed E-state index contributed by atoms with van der Waals surface area (Å²) in [5.74, 6) is -4.12. The molecule has 0 aromatic heterocycles. The van der Waals surface area contributed by atoms with Gasteiger partial charge in [-0.05, 0) is 70.6 Å². The molecule has 8 heteroatoms. The van der Waals surface area contributed by atoms with Crippen LogP contribution in [-0.4, -0.2) is 42.4 Å². The number of benzene rings is 4. The molecule has 0 saturated carbocycles. The summed E-state index contributed by atoms with van der Waals surface area (Å²) in [4.78, 5) is 26.4. The summed E-state index contributed by atoms with van der Waals surface area (Å²) in [5.41, 5.74) is 1.66. The third-order valence-corrected chi connectivity index (χ3v) is 7.72. The van der Waals surface area contributed by atoms with E-state index in [1.807, 2.05) is 47.4 Å². The Morgan fingerprint density at radius 2 is 1.43 bits per heavy atom. The third-order valence-electron chi connectivity index (χ3n) is 7.72. The molecule has 1 spiro atoms. The van der Waals surface area contributed by atoms with Crippen molar-refractivity contribution < 1.29 is 32.6 Å². The van der Waals surface area contributed by atoms with E-state index >= 15 is 0 Å². The molecule has 1 atom stereocenters. The third kappa shape index (κ3) is 5.14. The van der Waals surface area contributed by atoms with Crippen LogP contribution in [0.5, 0.6) is 5.75 Å². The summed E-state index contributed by atoms with van der Waals surface area (Å²) >= 11 is 0. The Hall–Kier alpha value is -4.30. The minimum Gasteiger partial charge on any atom is -0.492 e. The second-order valence-electron chi connectivity index (χ2n) is 10.2. The Kier molecular flexibility index (Phi) is 6.94. The van der Waals surface area contributed by atoms with E-state index in [0.717, 1.165) is 21.9 Å². The lowest BCUT2D eigenvalue weighted by molar-refractivity contribution is -0.272. The van der Waals surface area contributed by atoms with Crippen LogP contribution in [0.2, 0.25) is 0 Å². The van der Waals surface area contributed by atoms with Crippen LogP contribution < -0.4 is 4.74 Å². The first-order valence-electron chi connectivity index (χ1n) is 13.2. The number of likely N-dealkylation sites (tertiary alicyclic amines) is 1. The Morgan fingerprint density at radius 3 is 2.05 bits per heavy atom. The van der Waals surface area contributed by atoms with Crippen molar-refractivity contribution >= 4 is 22.7 Å². The van der Waals surface area contributed by atoms with Gasteiger partial charge in [0.2, 0.25) is 0 Å². The van der Waals surface area contributed by atoms with E-state index in [9.17, 15) is 18.4 Å². The Balaban J connectivity index is 1.24. The zero-order chi connectivity index (χ0) is 27.7. The number of halogens is 2. The molecule has 1 unspecified atom stereocenters. The van der Waals surface area contributed by atoms with E-state index in [2.05, 4.69) is 0 Å². The van der Waals surface area contributed by atoms with Crippen molar-refractivity contribution in [3.05, 3.63) is 114 Å². The van der Waals surface area contributed by atoms with Gasteiger partial charge in [0.1, 0.15) is 24.0 Å². The highest BCUT2D eigenvalue weighted by Crippen LogP contribution is 2.45. The normalized spacial score (nSPS) is 18.7. The fourth-order valence-electron chi connectivity index (χ4n) is 5.84. The molecule has 2 fully saturated rings. The van der Waals surface area contributed by atoms with Crippen LogP contribution in [0.4, 0.5) is 8.78 Å². The Labute approximate surface area is 230 Å². The maximum Gasteiger partial charge on any atom is 0.421 e. The zero-order valence-electron chi connectivity index (χ0n) is 21.6.